The molecule has 1 aliphatic heterocycles. The summed E-state index contributed by atoms with van der Waals surface area (Å²) in [5.74, 6) is 1.58. The largest absolute Gasteiger partial charge is 0.496 e. The number of likely N-dealkylation sites (tertiary alicyclic amines) is 1. The highest BCUT2D eigenvalue weighted by atomic mass is 16.5. The zero-order valence-electron chi connectivity index (χ0n) is 15.7. The molecular weight excluding hydrogens is 328 g/mol. The number of pyridine rings is 1. The number of H-pyrrole nitrogens is 1. The molecular formula is C21H28N2O3. The summed E-state index contributed by atoms with van der Waals surface area (Å²) in [6, 6.07) is 9.93. The van der Waals surface area contributed by atoms with E-state index in [1.807, 2.05) is 18.3 Å². The summed E-state index contributed by atoms with van der Waals surface area (Å²) in [7, 11) is 3.40. The van der Waals surface area contributed by atoms with Crippen molar-refractivity contribution in [3.05, 3.63) is 63.6 Å². The zero-order valence-corrected chi connectivity index (χ0v) is 15.7. The first-order valence-corrected chi connectivity index (χ1v) is 9.22. The lowest BCUT2D eigenvalue weighted by atomic mass is 9.90. The first-order chi connectivity index (χ1) is 12.7. The number of benzene rings is 1. The van der Waals surface area contributed by atoms with Crippen molar-refractivity contribution in [3.63, 3.8) is 0 Å². The second-order valence-corrected chi connectivity index (χ2v) is 7.06. The number of rotatable bonds is 7. The quantitative estimate of drug-likeness (QED) is 0.829. The van der Waals surface area contributed by atoms with E-state index < -0.39 is 0 Å². The van der Waals surface area contributed by atoms with Crippen LogP contribution in [0.3, 0.4) is 0 Å². The molecule has 0 amide bonds. The molecule has 1 aliphatic rings. The minimum atomic E-state index is -0.0316. The average molecular weight is 356 g/mol. The predicted molar refractivity (Wildman–Crippen MR) is 102 cm³/mol. The van der Waals surface area contributed by atoms with Crippen molar-refractivity contribution in [1.82, 2.24) is 9.88 Å². The maximum absolute atomic E-state index is 11.2. The van der Waals surface area contributed by atoms with Crippen LogP contribution in [0.15, 0.2) is 41.3 Å². The van der Waals surface area contributed by atoms with Gasteiger partial charge in [-0.3, -0.25) is 9.69 Å². The Bertz CT molecular complexity index is 744. The molecule has 140 valence electrons. The van der Waals surface area contributed by atoms with Crippen LogP contribution in [0.5, 0.6) is 5.75 Å². The molecule has 2 aromatic rings. The Kier molecular flexibility index (Phi) is 6.47. The van der Waals surface area contributed by atoms with Crippen molar-refractivity contribution in [2.24, 2.45) is 5.92 Å². The Morgan fingerprint density at radius 2 is 1.88 bits per heavy atom. The fraction of sp³-hybridized carbons (Fsp3) is 0.476. The van der Waals surface area contributed by atoms with Crippen LogP contribution in [0.1, 0.15) is 29.5 Å². The van der Waals surface area contributed by atoms with Crippen LogP contribution in [0.2, 0.25) is 0 Å². The summed E-state index contributed by atoms with van der Waals surface area (Å²) < 4.78 is 10.7. The van der Waals surface area contributed by atoms with E-state index in [2.05, 4.69) is 22.0 Å². The molecule has 1 N–H and O–H groups in total. The Morgan fingerprint density at radius 3 is 2.54 bits per heavy atom. The predicted octanol–water partition coefficient (Wildman–Crippen LogP) is 2.98. The van der Waals surface area contributed by atoms with Gasteiger partial charge in [0.2, 0.25) is 5.56 Å². The summed E-state index contributed by atoms with van der Waals surface area (Å²) in [6.45, 7) is 3.75. The van der Waals surface area contributed by atoms with Crippen LogP contribution in [0, 0.1) is 5.92 Å². The van der Waals surface area contributed by atoms with E-state index >= 15 is 0 Å². The average Bonchev–Trinajstić information content (AvgIpc) is 2.66. The van der Waals surface area contributed by atoms with Gasteiger partial charge in [0.25, 0.3) is 0 Å². The smallest absolute Gasteiger partial charge is 0.247 e. The highest BCUT2D eigenvalue weighted by molar-refractivity contribution is 5.37. The number of aromatic amines is 1. The molecule has 5 heteroatoms. The highest BCUT2D eigenvalue weighted by Crippen LogP contribution is 2.25. The van der Waals surface area contributed by atoms with E-state index in [4.69, 9.17) is 9.47 Å². The molecule has 1 aromatic carbocycles. The summed E-state index contributed by atoms with van der Waals surface area (Å²) in [6.07, 6.45) is 5.29. The molecule has 0 bridgehead atoms. The van der Waals surface area contributed by atoms with Gasteiger partial charge in [0.1, 0.15) is 5.75 Å². The molecule has 0 unspecified atom stereocenters. The Hall–Kier alpha value is -2.11. The number of methoxy groups -OCH3 is 2. The van der Waals surface area contributed by atoms with Gasteiger partial charge in [-0.15, -0.1) is 0 Å². The molecule has 3 rings (SSSR count). The second kappa shape index (κ2) is 9.01. The molecule has 0 aliphatic carbocycles. The number of ether oxygens (including phenoxy) is 2. The number of nitrogens with one attached hydrogen (secondary N) is 1. The van der Waals surface area contributed by atoms with Gasteiger partial charge in [-0.2, -0.15) is 0 Å². The zero-order chi connectivity index (χ0) is 18.4. The summed E-state index contributed by atoms with van der Waals surface area (Å²) >= 11 is 0. The van der Waals surface area contributed by atoms with Crippen LogP contribution in [-0.2, 0) is 24.3 Å². The van der Waals surface area contributed by atoms with Gasteiger partial charge < -0.3 is 14.5 Å². The van der Waals surface area contributed by atoms with Crippen LogP contribution in [0.4, 0.5) is 0 Å². The topological polar surface area (TPSA) is 54.6 Å². The lowest BCUT2D eigenvalue weighted by Crippen LogP contribution is -2.33. The standard InChI is InChI=1S/C21H28N2O3/c1-25-15-19-12-18(3-5-20(19)26-2)14-23-9-7-16(8-10-23)11-17-4-6-21(24)22-13-17/h3-6,12-13,16H,7-11,14-15H2,1-2H3,(H,22,24). The fourth-order valence-corrected chi connectivity index (χ4v) is 3.71. The third kappa shape index (κ3) is 4.96. The van der Waals surface area contributed by atoms with Gasteiger partial charge >= 0.3 is 0 Å². The first-order valence-electron chi connectivity index (χ1n) is 9.22. The monoisotopic (exact) mass is 356 g/mol. The number of piperidine rings is 1. The number of hydrogen-bond donors (Lipinski definition) is 1. The van der Waals surface area contributed by atoms with E-state index in [9.17, 15) is 4.79 Å². The van der Waals surface area contributed by atoms with Crippen LogP contribution < -0.4 is 10.3 Å². The number of aromatic nitrogens is 1. The first kappa shape index (κ1) is 18.7. The fourth-order valence-electron chi connectivity index (χ4n) is 3.71. The highest BCUT2D eigenvalue weighted by Gasteiger charge is 2.20. The molecule has 1 fully saturated rings. The van der Waals surface area contributed by atoms with Gasteiger partial charge in [0.15, 0.2) is 0 Å². The van der Waals surface area contributed by atoms with Crippen molar-refractivity contribution >= 4 is 0 Å². The maximum Gasteiger partial charge on any atom is 0.247 e. The van der Waals surface area contributed by atoms with Crippen LogP contribution in [-0.4, -0.2) is 37.2 Å². The Labute approximate surface area is 155 Å². The van der Waals surface area contributed by atoms with Crippen molar-refractivity contribution in [2.45, 2.75) is 32.4 Å². The van der Waals surface area contributed by atoms with Gasteiger partial charge in [0, 0.05) is 31.5 Å². The van der Waals surface area contributed by atoms with Crippen LogP contribution >= 0.6 is 0 Å². The molecule has 0 saturated carbocycles. The summed E-state index contributed by atoms with van der Waals surface area (Å²) in [4.78, 5) is 16.4. The maximum atomic E-state index is 11.2. The van der Waals surface area contributed by atoms with Gasteiger partial charge in [-0.05, 0) is 61.5 Å². The lowest BCUT2D eigenvalue weighted by molar-refractivity contribution is 0.175. The van der Waals surface area contributed by atoms with Gasteiger partial charge in [-0.1, -0.05) is 12.1 Å². The normalized spacial score (nSPS) is 15.9. The Balaban J connectivity index is 1.53. The van der Waals surface area contributed by atoms with Gasteiger partial charge in [0.05, 0.1) is 13.7 Å². The Morgan fingerprint density at radius 1 is 1.12 bits per heavy atom. The second-order valence-electron chi connectivity index (χ2n) is 7.06. The third-order valence-electron chi connectivity index (χ3n) is 5.13. The minimum absolute atomic E-state index is 0.0316. The van der Waals surface area contributed by atoms with Crippen LogP contribution in [0.25, 0.3) is 0 Å². The molecule has 0 radical (unpaired) electrons. The van der Waals surface area contributed by atoms with E-state index in [0.717, 1.165) is 37.4 Å². The van der Waals surface area contributed by atoms with Crippen molar-refractivity contribution in [3.8, 4) is 5.75 Å². The van der Waals surface area contributed by atoms with E-state index in [-0.39, 0.29) is 5.56 Å². The number of hydrogen-bond acceptors (Lipinski definition) is 4. The van der Waals surface area contributed by atoms with Crippen molar-refractivity contribution in [1.29, 1.82) is 0 Å². The van der Waals surface area contributed by atoms with E-state index in [1.165, 1.54) is 24.0 Å². The third-order valence-corrected chi connectivity index (χ3v) is 5.13. The molecule has 1 saturated heterocycles. The number of nitrogens with zero attached hydrogens (tertiary/aromatic N) is 1. The van der Waals surface area contributed by atoms with E-state index in [0.29, 0.717) is 12.5 Å². The molecule has 5 nitrogen and oxygen atoms in total. The summed E-state index contributed by atoms with van der Waals surface area (Å²) in [5.41, 5.74) is 3.59. The molecule has 0 spiro atoms. The SMILES string of the molecule is COCc1cc(CN2CCC(Cc3ccc(=O)[nH]c3)CC2)ccc1OC. The van der Waals surface area contributed by atoms with Crippen molar-refractivity contribution in [2.75, 3.05) is 27.3 Å². The van der Waals surface area contributed by atoms with Gasteiger partial charge in [-0.25, -0.2) is 0 Å². The molecule has 0 atom stereocenters. The summed E-state index contributed by atoms with van der Waals surface area (Å²) in [5, 5.41) is 0. The van der Waals surface area contributed by atoms with E-state index in [1.54, 1.807) is 20.3 Å². The molecule has 2 heterocycles. The van der Waals surface area contributed by atoms with Crippen molar-refractivity contribution < 1.29 is 9.47 Å². The lowest BCUT2D eigenvalue weighted by Gasteiger charge is -2.32. The minimum Gasteiger partial charge on any atom is -0.496 e. The molecule has 1 aromatic heterocycles. The molecule has 26 heavy (non-hydrogen) atoms.